The van der Waals surface area contributed by atoms with Crippen molar-refractivity contribution < 1.29 is 14.3 Å². The second-order valence-electron chi connectivity index (χ2n) is 7.47. The van der Waals surface area contributed by atoms with Crippen molar-refractivity contribution in [2.24, 2.45) is 0 Å². The van der Waals surface area contributed by atoms with Crippen LogP contribution in [0.4, 0.5) is 4.39 Å². The summed E-state index contributed by atoms with van der Waals surface area (Å²) in [4.78, 5) is 14.3. The van der Waals surface area contributed by atoms with Gasteiger partial charge in [0, 0.05) is 24.8 Å². The number of aryl methyl sites for hydroxylation is 1. The lowest BCUT2D eigenvalue weighted by Crippen LogP contribution is -2.40. The van der Waals surface area contributed by atoms with Gasteiger partial charge in [-0.2, -0.15) is 5.10 Å². The Balaban J connectivity index is 2.02. The molecule has 1 amide bonds. The fourth-order valence-corrected chi connectivity index (χ4v) is 3.43. The molecule has 2 aromatic rings. The standard InChI is InChI=1S/C19H24FN3O2/c1-12-8-9-16(14(20)10-12)23-15-7-5-6-13(15)17(21-23)18(24)22(4)11-19(2,3)25/h8-10,25H,5-7,11H2,1-4H3. The molecule has 25 heavy (non-hydrogen) atoms. The van der Waals surface area contributed by atoms with Crippen LogP contribution in [0.2, 0.25) is 0 Å². The molecular weight excluding hydrogens is 321 g/mol. The van der Waals surface area contributed by atoms with E-state index < -0.39 is 5.60 Å². The van der Waals surface area contributed by atoms with E-state index in [0.29, 0.717) is 11.4 Å². The van der Waals surface area contributed by atoms with Gasteiger partial charge in [0.1, 0.15) is 11.5 Å². The van der Waals surface area contributed by atoms with Gasteiger partial charge in [0.2, 0.25) is 0 Å². The van der Waals surface area contributed by atoms with Crippen molar-refractivity contribution in [3.63, 3.8) is 0 Å². The predicted octanol–water partition coefficient (Wildman–Crippen LogP) is 2.65. The maximum absolute atomic E-state index is 14.4. The molecule has 3 rings (SSSR count). The molecule has 134 valence electrons. The van der Waals surface area contributed by atoms with Gasteiger partial charge in [0.05, 0.1) is 5.60 Å². The topological polar surface area (TPSA) is 58.4 Å². The Labute approximate surface area is 147 Å². The number of benzene rings is 1. The highest BCUT2D eigenvalue weighted by Crippen LogP contribution is 2.29. The van der Waals surface area contributed by atoms with E-state index >= 15 is 0 Å². The zero-order valence-corrected chi connectivity index (χ0v) is 15.1. The monoisotopic (exact) mass is 345 g/mol. The molecule has 1 aliphatic rings. The van der Waals surface area contributed by atoms with Crippen LogP contribution in [-0.4, -0.2) is 44.9 Å². The van der Waals surface area contributed by atoms with E-state index in [2.05, 4.69) is 5.10 Å². The molecule has 0 aliphatic heterocycles. The number of nitrogens with zero attached hydrogens (tertiary/aromatic N) is 3. The first-order valence-corrected chi connectivity index (χ1v) is 8.52. The molecule has 0 saturated heterocycles. The van der Waals surface area contributed by atoms with Crippen molar-refractivity contribution in [1.82, 2.24) is 14.7 Å². The lowest BCUT2D eigenvalue weighted by Gasteiger charge is -2.25. The number of carbonyl (C=O) groups excluding carboxylic acids is 1. The molecule has 0 saturated carbocycles. The normalized spacial score (nSPS) is 13.8. The fraction of sp³-hybridized carbons (Fsp3) is 0.474. The summed E-state index contributed by atoms with van der Waals surface area (Å²) < 4.78 is 16.0. The maximum Gasteiger partial charge on any atom is 0.274 e. The fourth-order valence-electron chi connectivity index (χ4n) is 3.43. The van der Waals surface area contributed by atoms with Gasteiger partial charge < -0.3 is 10.0 Å². The first-order chi connectivity index (χ1) is 11.7. The Kier molecular flexibility index (Phi) is 4.41. The highest BCUT2D eigenvalue weighted by molar-refractivity contribution is 5.94. The number of aromatic nitrogens is 2. The second-order valence-corrected chi connectivity index (χ2v) is 7.47. The number of fused-ring (bicyclic) bond motifs is 1. The van der Waals surface area contributed by atoms with Crippen LogP contribution in [0, 0.1) is 12.7 Å². The molecule has 1 N–H and O–H groups in total. The summed E-state index contributed by atoms with van der Waals surface area (Å²) in [6, 6.07) is 5.01. The summed E-state index contributed by atoms with van der Waals surface area (Å²) in [6.07, 6.45) is 2.47. The van der Waals surface area contributed by atoms with Gasteiger partial charge in [-0.3, -0.25) is 4.79 Å². The van der Waals surface area contributed by atoms with Gasteiger partial charge in [-0.05, 0) is 57.7 Å². The summed E-state index contributed by atoms with van der Waals surface area (Å²) in [5, 5.41) is 14.4. The maximum atomic E-state index is 14.4. The Morgan fingerprint density at radius 3 is 2.76 bits per heavy atom. The highest BCUT2D eigenvalue weighted by Gasteiger charge is 2.30. The first-order valence-electron chi connectivity index (χ1n) is 8.52. The van der Waals surface area contributed by atoms with Crippen molar-refractivity contribution in [3.05, 3.63) is 46.5 Å². The molecule has 0 radical (unpaired) electrons. The number of likely N-dealkylation sites (N-methyl/N-ethyl adjacent to an activating group) is 1. The molecule has 0 spiro atoms. The van der Waals surface area contributed by atoms with E-state index in [9.17, 15) is 14.3 Å². The Morgan fingerprint density at radius 1 is 1.40 bits per heavy atom. The Hall–Kier alpha value is -2.21. The average Bonchev–Trinajstić information content (AvgIpc) is 3.07. The van der Waals surface area contributed by atoms with Crippen LogP contribution in [0.3, 0.4) is 0 Å². The van der Waals surface area contributed by atoms with Crippen LogP contribution in [0.5, 0.6) is 0 Å². The summed E-state index contributed by atoms with van der Waals surface area (Å²) in [5.41, 5.74) is 2.38. The van der Waals surface area contributed by atoms with Crippen molar-refractivity contribution >= 4 is 5.91 Å². The number of rotatable bonds is 4. The number of aliphatic hydroxyl groups is 1. The molecule has 0 bridgehead atoms. The van der Waals surface area contributed by atoms with Crippen LogP contribution < -0.4 is 0 Å². The molecule has 1 aliphatic carbocycles. The van der Waals surface area contributed by atoms with E-state index in [4.69, 9.17) is 0 Å². The lowest BCUT2D eigenvalue weighted by atomic mass is 10.1. The summed E-state index contributed by atoms with van der Waals surface area (Å²) in [6.45, 7) is 5.34. The van der Waals surface area contributed by atoms with Crippen molar-refractivity contribution in [2.75, 3.05) is 13.6 Å². The van der Waals surface area contributed by atoms with Gasteiger partial charge in [0.25, 0.3) is 5.91 Å². The predicted molar refractivity (Wildman–Crippen MR) is 93.5 cm³/mol. The van der Waals surface area contributed by atoms with Gasteiger partial charge in [-0.25, -0.2) is 9.07 Å². The van der Waals surface area contributed by atoms with E-state index in [1.807, 2.05) is 13.0 Å². The molecule has 5 nitrogen and oxygen atoms in total. The van der Waals surface area contributed by atoms with Gasteiger partial charge in [-0.15, -0.1) is 0 Å². The smallest absolute Gasteiger partial charge is 0.274 e. The minimum atomic E-state index is -0.987. The third-order valence-corrected chi connectivity index (χ3v) is 4.43. The largest absolute Gasteiger partial charge is 0.389 e. The molecule has 0 unspecified atom stereocenters. The zero-order valence-electron chi connectivity index (χ0n) is 15.1. The molecule has 1 heterocycles. The SMILES string of the molecule is Cc1ccc(-n2nc(C(=O)N(C)CC(C)(C)O)c3c2CCC3)c(F)c1. The van der Waals surface area contributed by atoms with Gasteiger partial charge in [-0.1, -0.05) is 6.07 Å². The molecule has 1 aromatic carbocycles. The number of halogens is 1. The third-order valence-electron chi connectivity index (χ3n) is 4.43. The van der Waals surface area contributed by atoms with Gasteiger partial charge in [0.15, 0.2) is 5.69 Å². The Morgan fingerprint density at radius 2 is 2.12 bits per heavy atom. The van der Waals surface area contributed by atoms with E-state index in [1.54, 1.807) is 31.6 Å². The highest BCUT2D eigenvalue weighted by atomic mass is 19.1. The molecule has 0 atom stereocenters. The van der Waals surface area contributed by atoms with Crippen LogP contribution in [0.25, 0.3) is 5.69 Å². The first kappa shape index (κ1) is 17.6. The quantitative estimate of drug-likeness (QED) is 0.927. The van der Waals surface area contributed by atoms with E-state index in [0.717, 1.165) is 36.1 Å². The summed E-state index contributed by atoms with van der Waals surface area (Å²) in [5.74, 6) is -0.590. The summed E-state index contributed by atoms with van der Waals surface area (Å²) >= 11 is 0. The van der Waals surface area contributed by atoms with Crippen molar-refractivity contribution in [3.8, 4) is 5.69 Å². The number of hydrogen-bond acceptors (Lipinski definition) is 3. The van der Waals surface area contributed by atoms with E-state index in [1.165, 1.54) is 11.0 Å². The summed E-state index contributed by atoms with van der Waals surface area (Å²) in [7, 11) is 1.65. The lowest BCUT2D eigenvalue weighted by molar-refractivity contribution is 0.0364. The van der Waals surface area contributed by atoms with Crippen molar-refractivity contribution in [1.29, 1.82) is 0 Å². The third kappa shape index (κ3) is 3.44. The molecular formula is C19H24FN3O2. The number of hydrogen-bond donors (Lipinski definition) is 1. The molecule has 1 aromatic heterocycles. The average molecular weight is 345 g/mol. The van der Waals surface area contributed by atoms with Gasteiger partial charge >= 0.3 is 0 Å². The van der Waals surface area contributed by atoms with E-state index in [-0.39, 0.29) is 18.3 Å². The minimum Gasteiger partial charge on any atom is -0.389 e. The van der Waals surface area contributed by atoms with Crippen LogP contribution in [-0.2, 0) is 12.8 Å². The van der Waals surface area contributed by atoms with Crippen molar-refractivity contribution in [2.45, 2.75) is 45.6 Å². The Bertz CT molecular complexity index is 821. The van der Waals surface area contributed by atoms with Crippen LogP contribution >= 0.6 is 0 Å². The van der Waals surface area contributed by atoms with Crippen LogP contribution in [0.1, 0.15) is 47.6 Å². The molecule has 0 fully saturated rings. The molecule has 6 heteroatoms. The van der Waals surface area contributed by atoms with Crippen LogP contribution in [0.15, 0.2) is 18.2 Å². The number of carbonyl (C=O) groups is 1. The second kappa shape index (κ2) is 6.26. The minimum absolute atomic E-state index is 0.201. The number of amides is 1. The zero-order chi connectivity index (χ0) is 18.4.